The van der Waals surface area contributed by atoms with Crippen molar-refractivity contribution in [3.05, 3.63) is 54.4 Å². The Hall–Kier alpha value is -1.81. The van der Waals surface area contributed by atoms with Crippen molar-refractivity contribution in [3.63, 3.8) is 0 Å². The predicted molar refractivity (Wildman–Crippen MR) is 109 cm³/mol. The number of nitrogens with one attached hydrogen (secondary N) is 2. The Balaban J connectivity index is 1.50. The molecule has 4 rings (SSSR count). The van der Waals surface area contributed by atoms with Crippen LogP contribution < -0.4 is 9.44 Å². The van der Waals surface area contributed by atoms with E-state index in [4.69, 9.17) is 0 Å². The highest BCUT2D eigenvalue weighted by molar-refractivity contribution is 7.90. The molecular formula is C20H25N3O4S2. The van der Waals surface area contributed by atoms with Crippen LogP contribution >= 0.6 is 0 Å². The van der Waals surface area contributed by atoms with Gasteiger partial charge in [0.2, 0.25) is 20.0 Å². The van der Waals surface area contributed by atoms with E-state index in [-0.39, 0.29) is 21.2 Å². The van der Waals surface area contributed by atoms with E-state index in [2.05, 4.69) is 14.4 Å². The van der Waals surface area contributed by atoms with Crippen LogP contribution in [0.2, 0.25) is 0 Å². The van der Waals surface area contributed by atoms with E-state index < -0.39 is 20.0 Å². The Kier molecular flexibility index (Phi) is 5.50. The molecule has 2 fully saturated rings. The summed E-state index contributed by atoms with van der Waals surface area (Å²) >= 11 is 0. The van der Waals surface area contributed by atoms with Gasteiger partial charge in [-0.25, -0.2) is 26.3 Å². The predicted octanol–water partition coefficient (Wildman–Crippen LogP) is 2.31. The van der Waals surface area contributed by atoms with Gasteiger partial charge in [-0.15, -0.1) is 0 Å². The lowest BCUT2D eigenvalue weighted by atomic mass is 9.79. The van der Waals surface area contributed by atoms with E-state index in [9.17, 15) is 16.8 Å². The Bertz CT molecular complexity index is 1060. The van der Waals surface area contributed by atoms with E-state index in [1.165, 1.54) is 24.3 Å². The van der Waals surface area contributed by atoms with Crippen LogP contribution in [0.15, 0.2) is 58.6 Å². The van der Waals surface area contributed by atoms with Gasteiger partial charge >= 0.3 is 0 Å². The van der Waals surface area contributed by atoms with Crippen molar-refractivity contribution in [3.8, 4) is 0 Å². The monoisotopic (exact) mass is 435 g/mol. The quantitative estimate of drug-likeness (QED) is 0.662. The zero-order chi connectivity index (χ0) is 20.5. The van der Waals surface area contributed by atoms with Crippen molar-refractivity contribution in [1.82, 2.24) is 14.4 Å². The molecule has 0 atom stereocenters. The third-order valence-corrected chi connectivity index (χ3v) is 8.75. The summed E-state index contributed by atoms with van der Waals surface area (Å²) in [6.45, 7) is 0.308. The number of benzene rings is 1. The van der Waals surface area contributed by atoms with Crippen molar-refractivity contribution in [2.75, 3.05) is 6.54 Å². The molecule has 0 radical (unpaired) electrons. The summed E-state index contributed by atoms with van der Waals surface area (Å²) in [5.41, 5.74) is 0.869. The molecule has 2 aromatic rings. The molecule has 2 aliphatic carbocycles. The van der Waals surface area contributed by atoms with Gasteiger partial charge in [-0.1, -0.05) is 12.8 Å². The average molecular weight is 436 g/mol. The van der Waals surface area contributed by atoms with Crippen LogP contribution in [0.5, 0.6) is 0 Å². The highest BCUT2D eigenvalue weighted by Gasteiger charge is 2.36. The maximum Gasteiger partial charge on any atom is 0.240 e. The lowest BCUT2D eigenvalue weighted by Gasteiger charge is -2.29. The first-order chi connectivity index (χ1) is 13.8. The number of nitrogens with zero attached hydrogens (tertiary/aromatic N) is 1. The Labute approximate surface area is 172 Å². The van der Waals surface area contributed by atoms with Crippen molar-refractivity contribution in [2.24, 2.45) is 0 Å². The molecule has 0 saturated heterocycles. The van der Waals surface area contributed by atoms with Gasteiger partial charge < -0.3 is 0 Å². The largest absolute Gasteiger partial charge is 0.265 e. The number of rotatable bonds is 8. The highest BCUT2D eigenvalue weighted by Crippen LogP contribution is 2.40. The normalized spacial score (nSPS) is 19.3. The second-order valence-electron chi connectivity index (χ2n) is 7.91. The summed E-state index contributed by atoms with van der Waals surface area (Å²) in [6, 6.07) is 9.27. The number of hydrogen-bond acceptors (Lipinski definition) is 5. The first-order valence-electron chi connectivity index (χ1n) is 9.83. The van der Waals surface area contributed by atoms with E-state index in [1.54, 1.807) is 12.4 Å². The minimum Gasteiger partial charge on any atom is -0.265 e. The third-order valence-electron chi connectivity index (χ3n) is 5.80. The van der Waals surface area contributed by atoms with E-state index in [0.717, 1.165) is 44.1 Å². The second-order valence-corrected chi connectivity index (χ2v) is 11.4. The maximum absolute atomic E-state index is 12.8. The molecule has 156 valence electrons. The fourth-order valence-corrected chi connectivity index (χ4v) is 6.36. The zero-order valence-electron chi connectivity index (χ0n) is 16.0. The third kappa shape index (κ3) is 4.53. The molecule has 0 unspecified atom stereocenters. The average Bonchev–Trinajstić information content (AvgIpc) is 3.39. The summed E-state index contributed by atoms with van der Waals surface area (Å²) in [4.78, 5) is 4.20. The van der Waals surface area contributed by atoms with Crippen molar-refractivity contribution in [1.29, 1.82) is 0 Å². The van der Waals surface area contributed by atoms with Crippen molar-refractivity contribution >= 4 is 20.0 Å². The van der Waals surface area contributed by atoms with Crippen LogP contribution in [0.4, 0.5) is 0 Å². The van der Waals surface area contributed by atoms with Crippen LogP contribution in [0, 0.1) is 0 Å². The maximum atomic E-state index is 12.8. The fourth-order valence-electron chi connectivity index (χ4n) is 3.93. The van der Waals surface area contributed by atoms with Gasteiger partial charge in [0, 0.05) is 30.4 Å². The van der Waals surface area contributed by atoms with Crippen LogP contribution in [0.1, 0.15) is 44.1 Å². The molecule has 0 spiro atoms. The van der Waals surface area contributed by atoms with Gasteiger partial charge in [0.05, 0.1) is 9.79 Å². The highest BCUT2D eigenvalue weighted by atomic mass is 32.2. The number of pyridine rings is 1. The molecule has 2 saturated carbocycles. The summed E-state index contributed by atoms with van der Waals surface area (Å²) < 4.78 is 55.5. The Morgan fingerprint density at radius 3 is 1.97 bits per heavy atom. The Morgan fingerprint density at radius 2 is 1.41 bits per heavy atom. The molecule has 0 amide bonds. The van der Waals surface area contributed by atoms with Crippen LogP contribution in [-0.4, -0.2) is 34.4 Å². The lowest BCUT2D eigenvalue weighted by Crippen LogP contribution is -2.39. The van der Waals surface area contributed by atoms with Gasteiger partial charge in [0.25, 0.3) is 0 Å². The molecule has 9 heteroatoms. The topological polar surface area (TPSA) is 105 Å². The molecule has 0 bridgehead atoms. The summed E-state index contributed by atoms with van der Waals surface area (Å²) in [5.74, 6) is 0. The minimum atomic E-state index is -3.75. The van der Waals surface area contributed by atoms with Crippen LogP contribution in [-0.2, 0) is 25.5 Å². The SMILES string of the molecule is O=S(=O)(NCC1(c2ccncc2)CCCC1)c1ccc(S(=O)(=O)NC2CC2)cc1. The van der Waals surface area contributed by atoms with Gasteiger partial charge in [-0.2, -0.15) is 0 Å². The Morgan fingerprint density at radius 1 is 0.862 bits per heavy atom. The standard InChI is InChI=1S/C20H25N3O4S2/c24-28(25,18-5-7-19(8-6-18)29(26,27)23-17-3-4-17)22-15-20(11-1-2-12-20)16-9-13-21-14-10-16/h5-10,13-14,17,22-23H,1-4,11-12,15H2. The molecule has 0 aliphatic heterocycles. The molecule has 29 heavy (non-hydrogen) atoms. The van der Waals surface area contributed by atoms with Gasteiger partial charge in [0.1, 0.15) is 0 Å². The number of hydrogen-bond donors (Lipinski definition) is 2. The van der Waals surface area contributed by atoms with Crippen LogP contribution in [0.25, 0.3) is 0 Å². The molecule has 1 heterocycles. The van der Waals surface area contributed by atoms with E-state index >= 15 is 0 Å². The smallest absolute Gasteiger partial charge is 0.240 e. The first kappa shape index (κ1) is 20.5. The molecule has 1 aromatic carbocycles. The first-order valence-corrected chi connectivity index (χ1v) is 12.8. The number of aromatic nitrogens is 1. The van der Waals surface area contributed by atoms with Crippen molar-refractivity contribution in [2.45, 2.75) is 59.8 Å². The summed E-state index contributed by atoms with van der Waals surface area (Å²) in [6.07, 6.45) is 9.11. The van der Waals surface area contributed by atoms with Crippen LogP contribution in [0.3, 0.4) is 0 Å². The molecule has 2 N–H and O–H groups in total. The van der Waals surface area contributed by atoms with Gasteiger partial charge in [0.15, 0.2) is 0 Å². The molecule has 7 nitrogen and oxygen atoms in total. The molecule has 1 aromatic heterocycles. The van der Waals surface area contributed by atoms with E-state index in [0.29, 0.717) is 6.54 Å². The summed E-state index contributed by atoms with van der Waals surface area (Å²) in [5, 5.41) is 0. The van der Waals surface area contributed by atoms with E-state index in [1.807, 2.05) is 12.1 Å². The lowest BCUT2D eigenvalue weighted by molar-refractivity contribution is 0.432. The second kappa shape index (κ2) is 7.79. The number of sulfonamides is 2. The van der Waals surface area contributed by atoms with Gasteiger partial charge in [-0.05, 0) is 67.6 Å². The van der Waals surface area contributed by atoms with Crippen molar-refractivity contribution < 1.29 is 16.8 Å². The fraction of sp³-hybridized carbons (Fsp3) is 0.450. The minimum absolute atomic E-state index is 0.000800. The summed E-state index contributed by atoms with van der Waals surface area (Å²) in [7, 11) is -7.35. The molecular weight excluding hydrogens is 410 g/mol. The van der Waals surface area contributed by atoms with Gasteiger partial charge in [-0.3, -0.25) is 4.98 Å². The molecule has 2 aliphatic rings. The zero-order valence-corrected chi connectivity index (χ0v) is 17.7.